The summed E-state index contributed by atoms with van der Waals surface area (Å²) in [5, 5.41) is 0. The molecule has 0 saturated heterocycles. The van der Waals surface area contributed by atoms with Crippen LogP contribution in [0.25, 0.3) is 0 Å². The van der Waals surface area contributed by atoms with Crippen molar-refractivity contribution in [2.75, 3.05) is 14.2 Å². The van der Waals surface area contributed by atoms with E-state index in [2.05, 4.69) is 0 Å². The van der Waals surface area contributed by atoms with Gasteiger partial charge in [0.15, 0.2) is 0 Å². The zero-order valence-electron chi connectivity index (χ0n) is 17.3. The van der Waals surface area contributed by atoms with Crippen LogP contribution in [0.2, 0.25) is 0 Å². The van der Waals surface area contributed by atoms with Crippen molar-refractivity contribution in [3.05, 3.63) is 87.6 Å². The summed E-state index contributed by atoms with van der Waals surface area (Å²) in [6.07, 6.45) is 0.651. The number of hydrogen-bond donors (Lipinski definition) is 0. The van der Waals surface area contributed by atoms with Crippen molar-refractivity contribution in [1.29, 1.82) is 0 Å². The maximum Gasteiger partial charge on any atom is 0.348 e. The molecule has 30 heavy (non-hydrogen) atoms. The Morgan fingerprint density at radius 3 is 2.30 bits per heavy atom. The molecule has 0 aliphatic heterocycles. The minimum absolute atomic E-state index is 0.0855. The average Bonchev–Trinajstić information content (AvgIpc) is 3.28. The number of amides is 1. The smallest absolute Gasteiger partial charge is 0.348 e. The Morgan fingerprint density at radius 1 is 0.933 bits per heavy atom. The summed E-state index contributed by atoms with van der Waals surface area (Å²) in [6, 6.07) is 21.0. The highest BCUT2D eigenvalue weighted by Gasteiger charge is 2.25. The lowest BCUT2D eigenvalue weighted by molar-refractivity contribution is 0.0605. The van der Waals surface area contributed by atoms with Gasteiger partial charge in [0.1, 0.15) is 10.6 Å². The molecule has 0 saturated carbocycles. The van der Waals surface area contributed by atoms with Crippen LogP contribution < -0.4 is 4.74 Å². The van der Waals surface area contributed by atoms with Gasteiger partial charge >= 0.3 is 5.97 Å². The third-order valence-corrected chi connectivity index (χ3v) is 5.95. The van der Waals surface area contributed by atoms with Crippen LogP contribution >= 0.6 is 11.3 Å². The second-order valence-electron chi connectivity index (χ2n) is 6.94. The van der Waals surface area contributed by atoms with Crippen molar-refractivity contribution >= 4 is 23.2 Å². The fourth-order valence-electron chi connectivity index (χ4n) is 3.31. The fraction of sp³-hybridized carbons (Fsp3) is 0.250. The Balaban J connectivity index is 1.88. The molecular formula is C24H25NO4S. The van der Waals surface area contributed by atoms with Crippen LogP contribution in [0.15, 0.2) is 66.7 Å². The van der Waals surface area contributed by atoms with Crippen molar-refractivity contribution in [3.8, 4) is 5.75 Å². The van der Waals surface area contributed by atoms with Crippen LogP contribution in [-0.4, -0.2) is 37.0 Å². The monoisotopic (exact) mass is 423 g/mol. The van der Waals surface area contributed by atoms with Gasteiger partial charge in [0.05, 0.1) is 19.1 Å². The second kappa shape index (κ2) is 10.1. The van der Waals surface area contributed by atoms with Crippen LogP contribution in [0, 0.1) is 0 Å². The first-order valence-corrected chi connectivity index (χ1v) is 10.5. The van der Waals surface area contributed by atoms with Gasteiger partial charge < -0.3 is 14.4 Å². The molecule has 6 heteroatoms. The number of methoxy groups -OCH3 is 2. The molecule has 1 heterocycles. The second-order valence-corrected chi connectivity index (χ2v) is 8.02. The fourth-order valence-corrected chi connectivity index (χ4v) is 4.19. The van der Waals surface area contributed by atoms with E-state index in [1.54, 1.807) is 19.2 Å². The van der Waals surface area contributed by atoms with Gasteiger partial charge in [-0.3, -0.25) is 4.79 Å². The van der Waals surface area contributed by atoms with E-state index in [1.165, 1.54) is 7.11 Å². The standard InChI is InChI=1S/C24H25NO4S/c1-17(15-19-11-7-8-12-20(19)28-2)25(16-18-9-5-4-6-10-18)23(26)21-13-14-22(30-21)24(27)29-3/h4-14,17H,15-16H2,1-3H3. The predicted molar refractivity (Wildman–Crippen MR) is 118 cm³/mol. The van der Waals surface area contributed by atoms with Gasteiger partial charge in [-0.05, 0) is 42.7 Å². The molecule has 1 aromatic heterocycles. The minimum atomic E-state index is -0.435. The van der Waals surface area contributed by atoms with E-state index >= 15 is 0 Å². The topological polar surface area (TPSA) is 55.8 Å². The normalized spacial score (nSPS) is 11.6. The minimum Gasteiger partial charge on any atom is -0.496 e. The number of thiophene rings is 1. The summed E-state index contributed by atoms with van der Waals surface area (Å²) in [6.45, 7) is 2.50. The molecule has 3 aromatic rings. The van der Waals surface area contributed by atoms with Crippen LogP contribution in [0.4, 0.5) is 0 Å². The van der Waals surface area contributed by atoms with Gasteiger partial charge in [-0.25, -0.2) is 4.79 Å². The van der Waals surface area contributed by atoms with Crippen LogP contribution in [0.3, 0.4) is 0 Å². The average molecular weight is 424 g/mol. The van der Waals surface area contributed by atoms with Crippen LogP contribution in [-0.2, 0) is 17.7 Å². The molecule has 0 spiro atoms. The van der Waals surface area contributed by atoms with E-state index in [0.717, 1.165) is 28.2 Å². The molecule has 0 radical (unpaired) electrons. The molecule has 1 unspecified atom stereocenters. The summed E-state index contributed by atoms with van der Waals surface area (Å²) in [7, 11) is 2.98. The summed E-state index contributed by atoms with van der Waals surface area (Å²) in [4.78, 5) is 28.0. The maximum atomic E-state index is 13.4. The molecule has 0 N–H and O–H groups in total. The van der Waals surface area contributed by atoms with E-state index in [4.69, 9.17) is 9.47 Å². The lowest BCUT2D eigenvalue weighted by Crippen LogP contribution is -2.39. The highest BCUT2D eigenvalue weighted by atomic mass is 32.1. The number of carbonyl (C=O) groups excluding carboxylic acids is 2. The molecule has 3 rings (SSSR count). The number of hydrogen-bond acceptors (Lipinski definition) is 5. The molecule has 0 fully saturated rings. The Hall–Kier alpha value is -3.12. The van der Waals surface area contributed by atoms with Crippen molar-refractivity contribution < 1.29 is 19.1 Å². The number of esters is 1. The van der Waals surface area contributed by atoms with E-state index in [-0.39, 0.29) is 11.9 Å². The number of ether oxygens (including phenoxy) is 2. The zero-order chi connectivity index (χ0) is 21.5. The Bertz CT molecular complexity index is 999. The van der Waals surface area contributed by atoms with Crippen LogP contribution in [0.1, 0.15) is 37.4 Å². The molecule has 0 aliphatic rings. The molecule has 5 nitrogen and oxygen atoms in total. The molecule has 2 aromatic carbocycles. The van der Waals surface area contributed by atoms with Gasteiger partial charge in [0.2, 0.25) is 0 Å². The number of para-hydroxylation sites is 1. The molecular weight excluding hydrogens is 398 g/mol. The van der Waals surface area contributed by atoms with E-state index in [0.29, 0.717) is 22.7 Å². The largest absolute Gasteiger partial charge is 0.496 e. The quantitative estimate of drug-likeness (QED) is 0.488. The van der Waals surface area contributed by atoms with E-state index in [1.807, 2.05) is 66.4 Å². The molecule has 1 amide bonds. The zero-order valence-corrected chi connectivity index (χ0v) is 18.1. The maximum absolute atomic E-state index is 13.4. The first kappa shape index (κ1) is 21.6. The van der Waals surface area contributed by atoms with Gasteiger partial charge in [0, 0.05) is 12.6 Å². The summed E-state index contributed by atoms with van der Waals surface area (Å²) in [5.74, 6) is 0.262. The predicted octanol–water partition coefficient (Wildman–Crippen LogP) is 4.82. The lowest BCUT2D eigenvalue weighted by Gasteiger charge is -2.29. The Kier molecular flexibility index (Phi) is 7.25. The van der Waals surface area contributed by atoms with Gasteiger partial charge in [-0.2, -0.15) is 0 Å². The third-order valence-electron chi connectivity index (χ3n) is 4.90. The SMILES string of the molecule is COC(=O)c1ccc(C(=O)N(Cc2ccccc2)C(C)Cc2ccccc2OC)s1. The first-order valence-electron chi connectivity index (χ1n) is 9.68. The van der Waals surface area contributed by atoms with Crippen molar-refractivity contribution in [2.45, 2.75) is 25.9 Å². The van der Waals surface area contributed by atoms with Gasteiger partial charge in [-0.1, -0.05) is 48.5 Å². The van der Waals surface area contributed by atoms with E-state index < -0.39 is 5.97 Å². The lowest BCUT2D eigenvalue weighted by atomic mass is 10.0. The van der Waals surface area contributed by atoms with Crippen molar-refractivity contribution in [3.63, 3.8) is 0 Å². The summed E-state index contributed by atoms with van der Waals surface area (Å²) in [5.41, 5.74) is 2.09. The van der Waals surface area contributed by atoms with Gasteiger partial charge in [0.25, 0.3) is 5.91 Å². The van der Waals surface area contributed by atoms with Crippen molar-refractivity contribution in [2.24, 2.45) is 0 Å². The highest BCUT2D eigenvalue weighted by molar-refractivity contribution is 7.15. The third kappa shape index (κ3) is 5.07. The summed E-state index contributed by atoms with van der Waals surface area (Å²) >= 11 is 1.15. The molecule has 156 valence electrons. The molecule has 0 bridgehead atoms. The number of rotatable bonds is 8. The Morgan fingerprint density at radius 2 is 1.60 bits per heavy atom. The van der Waals surface area contributed by atoms with E-state index in [9.17, 15) is 9.59 Å². The first-order chi connectivity index (χ1) is 14.5. The summed E-state index contributed by atoms with van der Waals surface area (Å²) < 4.78 is 10.2. The van der Waals surface area contributed by atoms with Crippen molar-refractivity contribution in [1.82, 2.24) is 4.90 Å². The number of nitrogens with zero attached hydrogens (tertiary/aromatic N) is 1. The van der Waals surface area contributed by atoms with Gasteiger partial charge in [-0.15, -0.1) is 11.3 Å². The highest BCUT2D eigenvalue weighted by Crippen LogP contribution is 2.25. The Labute approximate surface area is 180 Å². The molecule has 0 aliphatic carbocycles. The number of benzene rings is 2. The molecule has 1 atom stereocenters. The van der Waals surface area contributed by atoms with Crippen LogP contribution in [0.5, 0.6) is 5.75 Å². The number of carbonyl (C=O) groups is 2.